The third kappa shape index (κ3) is 9.27. The Morgan fingerprint density at radius 3 is 1.52 bits per heavy atom. The van der Waals surface area contributed by atoms with Crippen LogP contribution in [-0.2, 0) is 17.6 Å². The highest BCUT2D eigenvalue weighted by atomic mass is 35.5. The van der Waals surface area contributed by atoms with E-state index in [1.54, 1.807) is 48.6 Å². The second-order valence-corrected chi connectivity index (χ2v) is 16.3. The Kier molecular flexibility index (Phi) is 12.3. The molecule has 12 heteroatoms. The van der Waals surface area contributed by atoms with Gasteiger partial charge in [-0.15, -0.1) is 22.7 Å². The molecule has 0 radical (unpaired) electrons. The molecule has 6 aromatic carbocycles. The maximum absolute atomic E-state index is 14.2. The van der Waals surface area contributed by atoms with Gasteiger partial charge in [0.15, 0.2) is 0 Å². The van der Waals surface area contributed by atoms with Crippen molar-refractivity contribution in [1.29, 1.82) is 0 Å². The van der Waals surface area contributed by atoms with Crippen molar-refractivity contribution in [3.05, 3.63) is 187 Å². The number of carboxylic acid groups (broad SMARTS) is 1. The monoisotopic (exact) mass is 856 g/mol. The number of halogens is 6. The van der Waals surface area contributed by atoms with Crippen LogP contribution in [0.25, 0.3) is 42.4 Å². The maximum Gasteiger partial charge on any atom is 0.338 e. The summed E-state index contributed by atoms with van der Waals surface area (Å²) < 4.78 is 61.9. The quantitative estimate of drug-likeness (QED) is 0.116. The molecule has 0 bridgehead atoms. The van der Waals surface area contributed by atoms with E-state index in [2.05, 4.69) is 6.07 Å². The van der Waals surface area contributed by atoms with E-state index < -0.39 is 35.2 Å². The third-order valence-electron chi connectivity index (χ3n) is 9.09. The highest BCUT2D eigenvalue weighted by Crippen LogP contribution is 2.38. The van der Waals surface area contributed by atoms with E-state index >= 15 is 0 Å². The van der Waals surface area contributed by atoms with Crippen LogP contribution in [0.4, 0.5) is 17.6 Å². The van der Waals surface area contributed by atoms with Crippen LogP contribution in [0.3, 0.4) is 0 Å². The highest BCUT2D eigenvalue weighted by Gasteiger charge is 2.16. The van der Waals surface area contributed by atoms with Gasteiger partial charge < -0.3 is 9.84 Å². The molecular weight excluding hydrogens is 828 g/mol. The molecule has 1 N–H and O–H groups in total. The van der Waals surface area contributed by atoms with Gasteiger partial charge in [-0.25, -0.2) is 27.2 Å². The van der Waals surface area contributed by atoms with E-state index in [9.17, 15) is 32.3 Å². The van der Waals surface area contributed by atoms with Crippen molar-refractivity contribution >= 4 is 78.0 Å². The predicted molar refractivity (Wildman–Crippen MR) is 226 cm³/mol. The molecule has 0 amide bonds. The summed E-state index contributed by atoms with van der Waals surface area (Å²) in [4.78, 5) is 25.4. The molecule has 58 heavy (non-hydrogen) atoms. The minimum absolute atomic E-state index is 0.0836. The van der Waals surface area contributed by atoms with Crippen molar-refractivity contribution in [1.82, 2.24) is 0 Å². The van der Waals surface area contributed by atoms with Crippen LogP contribution in [0.2, 0.25) is 10.0 Å². The van der Waals surface area contributed by atoms with Crippen LogP contribution in [0, 0.1) is 23.3 Å². The molecule has 0 atom stereocenters. The van der Waals surface area contributed by atoms with Crippen molar-refractivity contribution < 1.29 is 37.0 Å². The molecule has 0 aliphatic rings. The fraction of sp³-hybridized carbons (Fsp3) is 0.0870. The van der Waals surface area contributed by atoms with E-state index in [4.69, 9.17) is 27.9 Å². The molecule has 0 fully saturated rings. The van der Waals surface area contributed by atoms with Gasteiger partial charge >= 0.3 is 11.9 Å². The van der Waals surface area contributed by atoms with Gasteiger partial charge in [0.2, 0.25) is 0 Å². The molecule has 2 aromatic heterocycles. The summed E-state index contributed by atoms with van der Waals surface area (Å²) in [7, 11) is 0. The molecule has 0 saturated heterocycles. The highest BCUT2D eigenvalue weighted by molar-refractivity contribution is 7.20. The van der Waals surface area contributed by atoms with Crippen molar-refractivity contribution in [3.63, 3.8) is 0 Å². The molecular formula is C46H30Cl2F4O4S2. The SMILES string of the molecule is CCOC(=O)c1cc(F)cc(-c2cccc3cc(Cc4ccc(F)c(Cl)c4)sc23)c1.O=C(O)c1cc(F)cc(-c2cccc3cc(Cc4ccc(F)c(Cl)c4)sc23)c1. The standard InChI is InChI=1S/C24H17ClF2O2S.C22H13ClF2O2S/c1-2-29-24(28)17-10-16(11-18(26)12-17)20-5-3-4-15-13-19(30-23(15)20)8-14-6-7-22(27)21(25)9-14;23-19-7-12(4-5-20(19)25)6-17-11-13-2-1-3-18(21(13)28-17)14-8-15(22(26)27)10-16(24)9-14/h3-7,9-13H,2,8H2,1H3;1-5,7-11H,6H2,(H,26,27). The lowest BCUT2D eigenvalue weighted by Gasteiger charge is -2.07. The number of carbonyl (C=O) groups excluding carboxylic acids is 1. The van der Waals surface area contributed by atoms with Crippen molar-refractivity contribution in [3.8, 4) is 22.3 Å². The van der Waals surface area contributed by atoms with Crippen LogP contribution in [0.1, 0.15) is 48.5 Å². The average Bonchev–Trinajstić information content (AvgIpc) is 3.81. The number of hydrogen-bond donors (Lipinski definition) is 1. The van der Waals surface area contributed by atoms with Crippen LogP contribution in [0.5, 0.6) is 0 Å². The fourth-order valence-corrected chi connectivity index (χ4v) is 9.37. The zero-order chi connectivity index (χ0) is 41.1. The van der Waals surface area contributed by atoms with E-state index in [0.717, 1.165) is 58.2 Å². The van der Waals surface area contributed by atoms with E-state index in [1.807, 2.05) is 42.5 Å². The molecule has 8 aromatic rings. The van der Waals surface area contributed by atoms with Gasteiger partial charge in [0, 0.05) is 32.0 Å². The Hall–Kier alpha value is -5.52. The first-order valence-corrected chi connectivity index (χ1v) is 20.2. The minimum atomic E-state index is -1.17. The summed E-state index contributed by atoms with van der Waals surface area (Å²) in [6.07, 6.45) is 1.19. The second-order valence-electron chi connectivity index (χ2n) is 13.2. The lowest BCUT2D eigenvalue weighted by Crippen LogP contribution is -2.05. The molecule has 0 aliphatic heterocycles. The lowest BCUT2D eigenvalue weighted by molar-refractivity contribution is 0.0525. The van der Waals surface area contributed by atoms with Crippen molar-refractivity contribution in [2.45, 2.75) is 19.8 Å². The molecule has 0 unspecified atom stereocenters. The molecule has 8 rings (SSSR count). The van der Waals surface area contributed by atoms with Crippen LogP contribution in [-0.4, -0.2) is 23.7 Å². The van der Waals surface area contributed by atoms with Crippen molar-refractivity contribution in [2.75, 3.05) is 6.61 Å². The van der Waals surface area contributed by atoms with E-state index in [-0.39, 0.29) is 27.8 Å². The number of carbonyl (C=O) groups is 2. The topological polar surface area (TPSA) is 63.6 Å². The van der Waals surface area contributed by atoms with Crippen LogP contribution >= 0.6 is 45.9 Å². The number of ether oxygens (including phenoxy) is 1. The third-order valence-corrected chi connectivity index (χ3v) is 12.0. The van der Waals surface area contributed by atoms with E-state index in [0.29, 0.717) is 24.0 Å². The number of hydrogen-bond acceptors (Lipinski definition) is 5. The summed E-state index contributed by atoms with van der Waals surface area (Å²) in [5, 5.41) is 11.4. The maximum atomic E-state index is 14.2. The summed E-state index contributed by atoms with van der Waals surface area (Å²) in [6.45, 7) is 1.93. The van der Waals surface area contributed by atoms with Gasteiger partial charge in [0.1, 0.15) is 23.3 Å². The Balaban J connectivity index is 0.000000177. The average molecular weight is 858 g/mol. The zero-order valence-corrected chi connectivity index (χ0v) is 33.6. The Labute approximate surface area is 348 Å². The minimum Gasteiger partial charge on any atom is -0.478 e. The fourth-order valence-electron chi connectivity index (χ4n) is 6.51. The molecule has 0 aliphatic carbocycles. The summed E-state index contributed by atoms with van der Waals surface area (Å²) in [5.74, 6) is -3.71. The van der Waals surface area contributed by atoms with Gasteiger partial charge in [-0.2, -0.15) is 0 Å². The largest absolute Gasteiger partial charge is 0.478 e. The molecule has 0 spiro atoms. The number of thiophene rings is 2. The lowest BCUT2D eigenvalue weighted by atomic mass is 10.0. The summed E-state index contributed by atoms with van der Waals surface area (Å²) >= 11 is 14.9. The zero-order valence-electron chi connectivity index (χ0n) is 30.4. The summed E-state index contributed by atoms with van der Waals surface area (Å²) in [6, 6.07) is 32.9. The molecule has 0 saturated carbocycles. The first-order valence-electron chi connectivity index (χ1n) is 17.8. The van der Waals surface area contributed by atoms with Gasteiger partial charge in [0.25, 0.3) is 0 Å². The summed E-state index contributed by atoms with van der Waals surface area (Å²) in [5.41, 5.74) is 4.62. The molecule has 2 heterocycles. The number of benzene rings is 6. The number of rotatable bonds is 9. The molecule has 292 valence electrons. The van der Waals surface area contributed by atoms with Gasteiger partial charge in [-0.1, -0.05) is 71.7 Å². The normalized spacial score (nSPS) is 11.1. The number of aromatic carboxylic acids is 1. The number of esters is 1. The van der Waals surface area contributed by atoms with Gasteiger partial charge in [-0.05, 0) is 124 Å². The first-order chi connectivity index (χ1) is 27.8. The van der Waals surface area contributed by atoms with Crippen molar-refractivity contribution in [2.24, 2.45) is 0 Å². The first kappa shape index (κ1) is 40.7. The second kappa shape index (κ2) is 17.5. The number of fused-ring (bicyclic) bond motifs is 2. The molecule has 4 nitrogen and oxygen atoms in total. The van der Waals surface area contributed by atoms with Crippen LogP contribution < -0.4 is 0 Å². The predicted octanol–water partition coefficient (Wildman–Crippen LogP) is 14.1. The van der Waals surface area contributed by atoms with Gasteiger partial charge in [-0.3, -0.25) is 0 Å². The Bertz CT molecular complexity index is 2850. The smallest absolute Gasteiger partial charge is 0.338 e. The number of carboxylic acids is 1. The van der Waals surface area contributed by atoms with Gasteiger partial charge in [0.05, 0.1) is 27.8 Å². The van der Waals surface area contributed by atoms with E-state index in [1.165, 1.54) is 47.7 Å². The van der Waals surface area contributed by atoms with Crippen LogP contribution in [0.15, 0.2) is 121 Å². The Morgan fingerprint density at radius 1 is 0.603 bits per heavy atom. The Morgan fingerprint density at radius 2 is 1.07 bits per heavy atom.